The minimum absolute atomic E-state index is 0.179. The second-order valence-corrected chi connectivity index (χ2v) is 13.4. The van der Waals surface area contributed by atoms with Gasteiger partial charge in [0.05, 0.1) is 29.8 Å². The van der Waals surface area contributed by atoms with E-state index in [-0.39, 0.29) is 25.5 Å². The van der Waals surface area contributed by atoms with Crippen molar-refractivity contribution in [3.8, 4) is 11.5 Å². The molecule has 1 aromatic heterocycles. The fourth-order valence-electron chi connectivity index (χ4n) is 6.56. The molecule has 53 heavy (non-hydrogen) atoms. The summed E-state index contributed by atoms with van der Waals surface area (Å²) in [6.07, 6.45) is 4.20. The maximum Gasteiger partial charge on any atom is 0.338 e. The van der Waals surface area contributed by atoms with Crippen LogP contribution in [0.25, 0.3) is 0 Å². The van der Waals surface area contributed by atoms with E-state index in [1.807, 2.05) is 0 Å². The third-order valence-electron chi connectivity index (χ3n) is 9.35. The van der Waals surface area contributed by atoms with Crippen LogP contribution < -0.4 is 14.8 Å². The molecule has 1 unspecified atom stereocenters. The number of nitrogens with one attached hydrogen (secondary N) is 1. The predicted molar refractivity (Wildman–Crippen MR) is 196 cm³/mol. The van der Waals surface area contributed by atoms with Crippen LogP contribution in [-0.2, 0) is 32.0 Å². The Bertz CT molecular complexity index is 1850. The Morgan fingerprint density at radius 1 is 0.981 bits per heavy atom. The molecule has 3 fully saturated rings. The van der Waals surface area contributed by atoms with Crippen LogP contribution in [0, 0.1) is 11.7 Å². The maximum atomic E-state index is 14.2. The zero-order valence-electron chi connectivity index (χ0n) is 29.2. The van der Waals surface area contributed by atoms with E-state index in [9.17, 15) is 14.0 Å². The number of ether oxygens (including phenoxy) is 4. The van der Waals surface area contributed by atoms with Gasteiger partial charge in [0.15, 0.2) is 11.5 Å². The lowest BCUT2D eigenvalue weighted by Gasteiger charge is -2.44. The zero-order valence-corrected chi connectivity index (χ0v) is 30.7. The maximum absolute atomic E-state index is 14.2. The van der Waals surface area contributed by atoms with Crippen LogP contribution in [0.5, 0.6) is 11.5 Å². The Hall–Kier alpha value is -4.75. The van der Waals surface area contributed by atoms with Gasteiger partial charge < -0.3 is 24.1 Å². The van der Waals surface area contributed by atoms with Gasteiger partial charge in [0.25, 0.3) is 6.47 Å². The van der Waals surface area contributed by atoms with E-state index in [0.717, 1.165) is 38.0 Å². The van der Waals surface area contributed by atoms with Crippen molar-refractivity contribution in [2.45, 2.75) is 44.1 Å². The Morgan fingerprint density at radius 2 is 1.66 bits per heavy atom. The molecule has 0 aliphatic carbocycles. The van der Waals surface area contributed by atoms with Crippen LogP contribution in [0.2, 0.25) is 10.0 Å². The van der Waals surface area contributed by atoms with Crippen molar-refractivity contribution < 1.29 is 42.8 Å². The fourth-order valence-corrected chi connectivity index (χ4v) is 7.08. The first-order chi connectivity index (χ1) is 25.6. The average Bonchev–Trinajstić information content (AvgIpc) is 3.16. The molecule has 11 nitrogen and oxygen atoms in total. The third kappa shape index (κ3) is 10.2. The zero-order chi connectivity index (χ0) is 37.9. The summed E-state index contributed by atoms with van der Waals surface area (Å²) in [5, 5.41) is 10.8. The lowest BCUT2D eigenvalue weighted by molar-refractivity contribution is -0.161. The Balaban J connectivity index is 0.00000175. The first kappa shape index (κ1) is 39.5. The molecule has 4 heterocycles. The lowest BCUT2D eigenvalue weighted by Crippen LogP contribution is -2.52. The van der Waals surface area contributed by atoms with Crippen LogP contribution in [-0.4, -0.2) is 73.4 Å². The van der Waals surface area contributed by atoms with Crippen molar-refractivity contribution in [1.29, 1.82) is 0 Å². The number of fused-ring (bicyclic) bond motifs is 3. The van der Waals surface area contributed by atoms with Crippen LogP contribution in [0.3, 0.4) is 0 Å². The largest absolute Gasteiger partial charge is 0.493 e. The van der Waals surface area contributed by atoms with Crippen molar-refractivity contribution >= 4 is 41.6 Å². The Labute approximate surface area is 316 Å². The normalized spacial score (nSPS) is 18.5. The number of carbonyl (C=O) groups is 3. The number of carboxylic acid groups (broad SMARTS) is 1. The van der Waals surface area contributed by atoms with Crippen LogP contribution >= 0.6 is 23.2 Å². The highest BCUT2D eigenvalue weighted by molar-refractivity contribution is 6.35. The highest BCUT2D eigenvalue weighted by atomic mass is 35.5. The van der Waals surface area contributed by atoms with E-state index in [1.165, 1.54) is 38.7 Å². The van der Waals surface area contributed by atoms with E-state index in [0.29, 0.717) is 49.7 Å². The summed E-state index contributed by atoms with van der Waals surface area (Å²) < 4.78 is 37.2. The summed E-state index contributed by atoms with van der Waals surface area (Å²) in [6.45, 7) is 2.79. The van der Waals surface area contributed by atoms with Gasteiger partial charge in [0.2, 0.25) is 0 Å². The van der Waals surface area contributed by atoms with Gasteiger partial charge in [-0.2, -0.15) is 0 Å². The third-order valence-corrected chi connectivity index (χ3v) is 10.0. The molecule has 2 N–H and O–H groups in total. The number of benzene rings is 3. The van der Waals surface area contributed by atoms with Gasteiger partial charge >= 0.3 is 11.9 Å². The van der Waals surface area contributed by atoms with Crippen molar-refractivity contribution in [3.05, 3.63) is 123 Å². The van der Waals surface area contributed by atoms with Crippen LogP contribution in [0.4, 0.5) is 4.39 Å². The highest BCUT2D eigenvalue weighted by Crippen LogP contribution is 2.36. The summed E-state index contributed by atoms with van der Waals surface area (Å²) in [4.78, 5) is 41.7. The first-order valence-electron chi connectivity index (χ1n) is 16.9. The number of methoxy groups -OCH3 is 2. The minimum atomic E-state index is -0.875. The number of halogens is 3. The van der Waals surface area contributed by atoms with Crippen LogP contribution in [0.1, 0.15) is 57.6 Å². The molecular formula is C39H40Cl2FN3O8. The van der Waals surface area contributed by atoms with Crippen molar-refractivity contribution in [2.24, 2.45) is 5.92 Å². The molecule has 0 spiro atoms. The number of esters is 2. The van der Waals surface area contributed by atoms with Gasteiger partial charge in [-0.3, -0.25) is 20.0 Å². The van der Waals surface area contributed by atoms with E-state index < -0.39 is 29.9 Å². The summed E-state index contributed by atoms with van der Waals surface area (Å²) in [5.41, 5.74) is 2.82. The van der Waals surface area contributed by atoms with Crippen molar-refractivity contribution in [2.75, 3.05) is 33.9 Å². The molecule has 0 saturated carbocycles. The quantitative estimate of drug-likeness (QED) is 0.109. The molecule has 7 rings (SSSR count). The molecule has 4 aromatic rings. The number of aromatic nitrogens is 1. The Morgan fingerprint density at radius 3 is 2.26 bits per heavy atom. The molecule has 2 bridgehead atoms. The van der Waals surface area contributed by atoms with Gasteiger partial charge in [-0.05, 0) is 90.5 Å². The summed E-state index contributed by atoms with van der Waals surface area (Å²) in [7, 11) is 3.06. The predicted octanol–water partition coefficient (Wildman–Crippen LogP) is 6.85. The van der Waals surface area contributed by atoms with E-state index in [1.54, 1.807) is 54.6 Å². The number of hydrogen-bond acceptors (Lipinski definition) is 10. The number of nitrogens with zero attached hydrogens (tertiary/aromatic N) is 2. The van der Waals surface area contributed by atoms with Crippen molar-refractivity contribution in [3.63, 3.8) is 0 Å². The number of carbonyl (C=O) groups excluding carboxylic acids is 2. The fraction of sp³-hybridized carbons (Fsp3) is 0.333. The number of hydrogen-bond donors (Lipinski definition) is 2. The van der Waals surface area contributed by atoms with E-state index >= 15 is 0 Å². The Kier molecular flexibility index (Phi) is 14.0. The molecule has 14 heteroatoms. The summed E-state index contributed by atoms with van der Waals surface area (Å²) >= 11 is 12.9. The molecule has 3 aromatic carbocycles. The van der Waals surface area contributed by atoms with Gasteiger partial charge in [-0.1, -0.05) is 53.5 Å². The average molecular weight is 769 g/mol. The summed E-state index contributed by atoms with van der Waals surface area (Å²) in [5.74, 6) is -0.104. The first-order valence-corrected chi connectivity index (χ1v) is 17.7. The van der Waals surface area contributed by atoms with Gasteiger partial charge in [-0.25, -0.2) is 14.0 Å². The highest BCUT2D eigenvalue weighted by Gasteiger charge is 2.38. The molecule has 3 aliphatic heterocycles. The smallest absolute Gasteiger partial charge is 0.338 e. The standard InChI is InChI=1S/C38H38Cl2FN3O6.CH2O2/c1-47-32-11-10-26(17-34(32)48-2)33(18-29-30(39)20-42-21-31(29)40)49-37(45)25-8-6-23(7-9-25)19-43-36(27-4-3-5-28(41)16-27)38(46)50-35-22-44-14-12-24(35)13-15-44;2-1-3/h3-11,16-17,20-21,24,33,35-36,43H,12-15,18-19,22H2,1-2H3;1H,(H,2,3)/t33-,35+,36?;/m1./s1. The molecule has 0 radical (unpaired) electrons. The van der Waals surface area contributed by atoms with Gasteiger partial charge in [0.1, 0.15) is 24.1 Å². The number of piperidine rings is 3. The number of rotatable bonds is 13. The number of pyridine rings is 1. The molecule has 3 aliphatic rings. The van der Waals surface area contributed by atoms with E-state index in [4.69, 9.17) is 52.1 Å². The van der Waals surface area contributed by atoms with Crippen molar-refractivity contribution in [1.82, 2.24) is 15.2 Å². The van der Waals surface area contributed by atoms with Gasteiger partial charge in [0, 0.05) is 31.9 Å². The summed E-state index contributed by atoms with van der Waals surface area (Å²) in [6, 6.07) is 17.2. The minimum Gasteiger partial charge on any atom is -0.493 e. The molecular weight excluding hydrogens is 728 g/mol. The monoisotopic (exact) mass is 767 g/mol. The van der Waals surface area contributed by atoms with Crippen LogP contribution in [0.15, 0.2) is 79.1 Å². The molecule has 3 saturated heterocycles. The lowest BCUT2D eigenvalue weighted by atomic mass is 9.86. The second-order valence-electron chi connectivity index (χ2n) is 12.6. The SMILES string of the molecule is COc1ccc([C@@H](Cc2c(Cl)cncc2Cl)OC(=O)c2ccc(CNC(C(=O)O[C@H]3CN4CCC3CC4)c3cccc(F)c3)cc2)cc1OC.O=CO. The molecule has 3 atom stereocenters. The molecule has 280 valence electrons. The topological polar surface area (TPSA) is 137 Å². The molecule has 0 amide bonds. The second kappa shape index (κ2) is 18.8. The van der Waals surface area contributed by atoms with E-state index in [2.05, 4.69) is 15.2 Å². The van der Waals surface area contributed by atoms with Gasteiger partial charge in [-0.15, -0.1) is 0 Å².